The standard InChI is InChI=1S/C18H15F2N/c1-11-9-10-14(13-6-3-2-5-12(11)13)18(21)17-15(19)7-4-8-16(17)20/h2-10,18H,21H2,1H3. The molecule has 0 radical (unpaired) electrons. The third-order valence-corrected chi connectivity index (χ3v) is 3.82. The van der Waals surface area contributed by atoms with Crippen LogP contribution in [-0.2, 0) is 0 Å². The van der Waals surface area contributed by atoms with Gasteiger partial charge >= 0.3 is 0 Å². The maximum atomic E-state index is 13.9. The first-order chi connectivity index (χ1) is 10.1. The zero-order chi connectivity index (χ0) is 15.0. The Morgan fingerprint density at radius 1 is 0.810 bits per heavy atom. The first-order valence-corrected chi connectivity index (χ1v) is 6.77. The Morgan fingerprint density at radius 2 is 1.43 bits per heavy atom. The number of hydrogen-bond donors (Lipinski definition) is 1. The molecule has 1 atom stereocenters. The molecule has 1 nitrogen and oxygen atoms in total. The Labute approximate surface area is 122 Å². The maximum Gasteiger partial charge on any atom is 0.131 e. The number of rotatable bonds is 2. The maximum absolute atomic E-state index is 13.9. The van der Waals surface area contributed by atoms with Gasteiger partial charge in [0.2, 0.25) is 0 Å². The van der Waals surface area contributed by atoms with Crippen molar-refractivity contribution in [2.75, 3.05) is 0 Å². The molecule has 0 aromatic heterocycles. The number of halogens is 2. The second-order valence-corrected chi connectivity index (χ2v) is 5.13. The Kier molecular flexibility index (Phi) is 3.43. The molecular weight excluding hydrogens is 268 g/mol. The van der Waals surface area contributed by atoms with Crippen molar-refractivity contribution in [1.82, 2.24) is 0 Å². The van der Waals surface area contributed by atoms with Crippen LogP contribution in [0.1, 0.15) is 22.7 Å². The lowest BCUT2D eigenvalue weighted by Crippen LogP contribution is -2.16. The predicted molar refractivity (Wildman–Crippen MR) is 81.1 cm³/mol. The first-order valence-electron chi connectivity index (χ1n) is 6.77. The summed E-state index contributed by atoms with van der Waals surface area (Å²) in [7, 11) is 0. The van der Waals surface area contributed by atoms with Crippen LogP contribution in [0.3, 0.4) is 0 Å². The summed E-state index contributed by atoms with van der Waals surface area (Å²) in [6.07, 6.45) is 0. The van der Waals surface area contributed by atoms with Crippen molar-refractivity contribution in [3.63, 3.8) is 0 Å². The van der Waals surface area contributed by atoms with E-state index in [2.05, 4.69) is 0 Å². The summed E-state index contributed by atoms with van der Waals surface area (Å²) in [5.74, 6) is -1.24. The van der Waals surface area contributed by atoms with E-state index in [0.717, 1.165) is 21.9 Å². The predicted octanol–water partition coefficient (Wildman–Crippen LogP) is 4.47. The van der Waals surface area contributed by atoms with Gasteiger partial charge in [0.15, 0.2) is 0 Å². The molecule has 0 aliphatic carbocycles. The molecule has 3 rings (SSSR count). The summed E-state index contributed by atoms with van der Waals surface area (Å²) in [6, 6.07) is 14.5. The van der Waals surface area contributed by atoms with Crippen LogP contribution in [0.25, 0.3) is 10.8 Å². The lowest BCUT2D eigenvalue weighted by atomic mass is 9.92. The van der Waals surface area contributed by atoms with E-state index >= 15 is 0 Å². The van der Waals surface area contributed by atoms with Gasteiger partial charge in [0.25, 0.3) is 0 Å². The first kappa shape index (κ1) is 13.7. The average Bonchev–Trinajstić information content (AvgIpc) is 2.47. The second-order valence-electron chi connectivity index (χ2n) is 5.13. The van der Waals surface area contributed by atoms with E-state index in [4.69, 9.17) is 5.73 Å². The summed E-state index contributed by atoms with van der Waals surface area (Å²) in [6.45, 7) is 2.00. The molecule has 1 unspecified atom stereocenters. The van der Waals surface area contributed by atoms with Crippen molar-refractivity contribution in [1.29, 1.82) is 0 Å². The molecule has 0 saturated heterocycles. The lowest BCUT2D eigenvalue weighted by Gasteiger charge is -2.17. The molecule has 3 aromatic carbocycles. The summed E-state index contributed by atoms with van der Waals surface area (Å²) in [5, 5.41) is 1.97. The molecule has 0 fully saturated rings. The highest BCUT2D eigenvalue weighted by Gasteiger charge is 2.20. The summed E-state index contributed by atoms with van der Waals surface area (Å²) < 4.78 is 27.9. The Balaban J connectivity index is 2.23. The summed E-state index contributed by atoms with van der Waals surface area (Å²) in [5.41, 5.74) is 7.89. The van der Waals surface area contributed by atoms with E-state index in [0.29, 0.717) is 0 Å². The van der Waals surface area contributed by atoms with Crippen molar-refractivity contribution >= 4 is 10.8 Å². The Morgan fingerprint density at radius 3 is 2.10 bits per heavy atom. The lowest BCUT2D eigenvalue weighted by molar-refractivity contribution is 0.544. The molecule has 0 saturated carbocycles. The molecule has 0 aliphatic rings. The number of aryl methyl sites for hydroxylation is 1. The van der Waals surface area contributed by atoms with Gasteiger partial charge in [-0.2, -0.15) is 0 Å². The zero-order valence-electron chi connectivity index (χ0n) is 11.6. The molecule has 106 valence electrons. The summed E-state index contributed by atoms with van der Waals surface area (Å²) >= 11 is 0. The van der Waals surface area contributed by atoms with Gasteiger partial charge in [0, 0.05) is 5.56 Å². The fourth-order valence-corrected chi connectivity index (χ4v) is 2.71. The largest absolute Gasteiger partial charge is 0.320 e. The fourth-order valence-electron chi connectivity index (χ4n) is 2.71. The van der Waals surface area contributed by atoms with Crippen molar-refractivity contribution in [2.45, 2.75) is 13.0 Å². The van der Waals surface area contributed by atoms with Gasteiger partial charge in [0.1, 0.15) is 11.6 Å². The molecule has 2 N–H and O–H groups in total. The van der Waals surface area contributed by atoms with Crippen LogP contribution in [-0.4, -0.2) is 0 Å². The number of benzene rings is 3. The molecule has 21 heavy (non-hydrogen) atoms. The molecule has 0 aliphatic heterocycles. The molecular formula is C18H15F2N. The van der Waals surface area contributed by atoms with Gasteiger partial charge < -0.3 is 5.73 Å². The average molecular weight is 283 g/mol. The quantitative estimate of drug-likeness (QED) is 0.737. The van der Waals surface area contributed by atoms with Crippen LogP contribution >= 0.6 is 0 Å². The smallest absolute Gasteiger partial charge is 0.131 e. The highest BCUT2D eigenvalue weighted by atomic mass is 19.1. The van der Waals surface area contributed by atoms with Crippen molar-refractivity contribution in [3.8, 4) is 0 Å². The van der Waals surface area contributed by atoms with Crippen LogP contribution in [0.5, 0.6) is 0 Å². The monoisotopic (exact) mass is 283 g/mol. The highest BCUT2D eigenvalue weighted by Crippen LogP contribution is 2.31. The molecule has 3 aromatic rings. The third kappa shape index (κ3) is 2.30. The molecule has 0 bridgehead atoms. The minimum Gasteiger partial charge on any atom is -0.320 e. The molecule has 0 spiro atoms. The van der Waals surface area contributed by atoms with Crippen molar-refractivity contribution in [2.24, 2.45) is 5.73 Å². The second kappa shape index (κ2) is 5.26. The van der Waals surface area contributed by atoms with Crippen LogP contribution in [0, 0.1) is 18.6 Å². The molecule has 0 amide bonds. The van der Waals surface area contributed by atoms with Crippen LogP contribution in [0.2, 0.25) is 0 Å². The topological polar surface area (TPSA) is 26.0 Å². The van der Waals surface area contributed by atoms with Crippen molar-refractivity contribution in [3.05, 3.63) is 82.9 Å². The van der Waals surface area contributed by atoms with E-state index in [1.54, 1.807) is 0 Å². The minimum absolute atomic E-state index is 0.0912. The fraction of sp³-hybridized carbons (Fsp3) is 0.111. The molecule has 3 heteroatoms. The molecule has 0 heterocycles. The number of hydrogen-bond acceptors (Lipinski definition) is 1. The SMILES string of the molecule is Cc1ccc(C(N)c2c(F)cccc2F)c2ccccc12. The van der Waals surface area contributed by atoms with E-state index in [1.165, 1.54) is 18.2 Å². The van der Waals surface area contributed by atoms with E-state index in [1.807, 2.05) is 43.3 Å². The zero-order valence-corrected chi connectivity index (χ0v) is 11.6. The minimum atomic E-state index is -0.836. The van der Waals surface area contributed by atoms with Crippen LogP contribution in [0.15, 0.2) is 54.6 Å². The number of nitrogens with two attached hydrogens (primary N) is 1. The van der Waals surface area contributed by atoms with Crippen molar-refractivity contribution < 1.29 is 8.78 Å². The van der Waals surface area contributed by atoms with Gasteiger partial charge in [-0.3, -0.25) is 0 Å². The van der Waals surface area contributed by atoms with E-state index in [9.17, 15) is 8.78 Å². The van der Waals surface area contributed by atoms with Gasteiger partial charge in [-0.05, 0) is 41.0 Å². The van der Waals surface area contributed by atoms with Crippen LogP contribution < -0.4 is 5.73 Å². The van der Waals surface area contributed by atoms with Gasteiger partial charge in [-0.1, -0.05) is 42.5 Å². The third-order valence-electron chi connectivity index (χ3n) is 3.82. The summed E-state index contributed by atoms with van der Waals surface area (Å²) in [4.78, 5) is 0. The van der Waals surface area contributed by atoms with Gasteiger partial charge in [0.05, 0.1) is 6.04 Å². The Hall–Kier alpha value is -2.26. The van der Waals surface area contributed by atoms with E-state index in [-0.39, 0.29) is 5.56 Å². The van der Waals surface area contributed by atoms with Crippen LogP contribution in [0.4, 0.5) is 8.78 Å². The van der Waals surface area contributed by atoms with Gasteiger partial charge in [-0.25, -0.2) is 8.78 Å². The van der Waals surface area contributed by atoms with E-state index < -0.39 is 17.7 Å². The van der Waals surface area contributed by atoms with Gasteiger partial charge in [-0.15, -0.1) is 0 Å². The highest BCUT2D eigenvalue weighted by molar-refractivity contribution is 5.89. The normalized spacial score (nSPS) is 12.6. The number of fused-ring (bicyclic) bond motifs is 1. The Bertz CT molecular complexity index is 791.